The van der Waals surface area contributed by atoms with E-state index >= 15 is 0 Å². The van der Waals surface area contributed by atoms with Crippen LogP contribution in [-0.4, -0.2) is 17.0 Å². The second-order valence-electron chi connectivity index (χ2n) is 3.83. The van der Waals surface area contributed by atoms with Crippen LogP contribution in [-0.2, 0) is 7.05 Å². The van der Waals surface area contributed by atoms with Crippen molar-refractivity contribution in [3.8, 4) is 0 Å². The highest BCUT2D eigenvalue weighted by Gasteiger charge is 2.05. The fourth-order valence-corrected chi connectivity index (χ4v) is 1.41. The number of rotatable bonds is 5. The molecule has 0 aromatic carbocycles. The van der Waals surface area contributed by atoms with Crippen molar-refractivity contribution in [2.75, 3.05) is 6.54 Å². The highest BCUT2D eigenvalue weighted by Crippen LogP contribution is 1.96. The number of hydrogen-bond acceptors (Lipinski definition) is 2. The van der Waals surface area contributed by atoms with Crippen molar-refractivity contribution in [3.63, 3.8) is 0 Å². The van der Waals surface area contributed by atoms with Gasteiger partial charge in [-0.25, -0.2) is 0 Å². The van der Waals surface area contributed by atoms with E-state index in [9.17, 15) is 9.59 Å². The molecule has 1 N–H and O–H groups in total. The monoisotopic (exact) mass is 222 g/mol. The average Bonchev–Trinajstić information content (AvgIpc) is 2.28. The first-order valence-electron chi connectivity index (χ1n) is 5.60. The minimum Gasteiger partial charge on any atom is -0.352 e. The lowest BCUT2D eigenvalue weighted by molar-refractivity contribution is 0.0952. The smallest absolute Gasteiger partial charge is 0.252 e. The third-order valence-electron chi connectivity index (χ3n) is 2.41. The lowest BCUT2D eigenvalue weighted by Crippen LogP contribution is -2.26. The number of unbranched alkanes of at least 4 members (excludes halogenated alkanes) is 2. The lowest BCUT2D eigenvalue weighted by atomic mass is 10.2. The van der Waals surface area contributed by atoms with Gasteiger partial charge in [-0.3, -0.25) is 9.59 Å². The lowest BCUT2D eigenvalue weighted by Gasteiger charge is -2.05. The van der Waals surface area contributed by atoms with Crippen molar-refractivity contribution >= 4 is 5.91 Å². The van der Waals surface area contributed by atoms with Crippen molar-refractivity contribution in [2.24, 2.45) is 7.05 Å². The first-order valence-corrected chi connectivity index (χ1v) is 5.60. The number of nitrogens with one attached hydrogen (secondary N) is 1. The predicted octanol–water partition coefficient (Wildman–Crippen LogP) is 1.31. The van der Waals surface area contributed by atoms with Crippen molar-refractivity contribution in [3.05, 3.63) is 34.2 Å². The predicted molar refractivity (Wildman–Crippen MR) is 63.5 cm³/mol. The maximum Gasteiger partial charge on any atom is 0.252 e. The minimum absolute atomic E-state index is 0.109. The standard InChI is InChI=1S/C12H18N2O2/c1-3-4-5-8-13-12(16)10-6-7-11(15)14(2)9-10/h6-7,9H,3-5,8H2,1-2H3,(H,13,16). The molecule has 1 heterocycles. The molecule has 1 aromatic rings. The Hall–Kier alpha value is -1.58. The third kappa shape index (κ3) is 3.53. The zero-order valence-electron chi connectivity index (χ0n) is 9.82. The SMILES string of the molecule is CCCCCNC(=O)c1ccc(=O)n(C)c1. The van der Waals surface area contributed by atoms with Gasteiger partial charge in [0.25, 0.3) is 5.91 Å². The molecule has 0 aliphatic rings. The number of carbonyl (C=O) groups is 1. The van der Waals surface area contributed by atoms with Crippen LogP contribution in [0.5, 0.6) is 0 Å². The topological polar surface area (TPSA) is 51.1 Å². The van der Waals surface area contributed by atoms with Crippen LogP contribution in [0, 0.1) is 0 Å². The van der Waals surface area contributed by atoms with E-state index in [1.165, 1.54) is 10.6 Å². The molecule has 0 saturated carbocycles. The van der Waals surface area contributed by atoms with Crippen molar-refractivity contribution < 1.29 is 4.79 Å². The van der Waals surface area contributed by atoms with E-state index in [2.05, 4.69) is 12.2 Å². The number of aromatic nitrogens is 1. The summed E-state index contributed by atoms with van der Waals surface area (Å²) in [5.41, 5.74) is 0.418. The van der Waals surface area contributed by atoms with E-state index in [1.54, 1.807) is 19.3 Å². The molecule has 0 radical (unpaired) electrons. The Labute approximate surface area is 95.3 Å². The van der Waals surface area contributed by atoms with Gasteiger partial charge in [0.1, 0.15) is 0 Å². The molecule has 4 heteroatoms. The summed E-state index contributed by atoms with van der Waals surface area (Å²) in [5.74, 6) is -0.119. The van der Waals surface area contributed by atoms with Crippen molar-refractivity contribution in [1.82, 2.24) is 9.88 Å². The fraction of sp³-hybridized carbons (Fsp3) is 0.500. The van der Waals surface area contributed by atoms with Crippen molar-refractivity contribution in [2.45, 2.75) is 26.2 Å². The molecule has 0 atom stereocenters. The molecular weight excluding hydrogens is 204 g/mol. The van der Waals surface area contributed by atoms with E-state index in [4.69, 9.17) is 0 Å². The fourth-order valence-electron chi connectivity index (χ4n) is 1.41. The Kier molecular flexibility index (Phi) is 4.76. The number of aryl methyl sites for hydroxylation is 1. The van der Waals surface area contributed by atoms with E-state index in [0.29, 0.717) is 12.1 Å². The zero-order chi connectivity index (χ0) is 12.0. The molecule has 1 rings (SSSR count). The quantitative estimate of drug-likeness (QED) is 0.763. The molecule has 0 spiro atoms. The third-order valence-corrected chi connectivity index (χ3v) is 2.41. The Morgan fingerprint density at radius 3 is 2.75 bits per heavy atom. The summed E-state index contributed by atoms with van der Waals surface area (Å²) in [5, 5.41) is 2.83. The van der Waals surface area contributed by atoms with Gasteiger partial charge < -0.3 is 9.88 Å². The molecule has 0 aliphatic carbocycles. The molecule has 88 valence electrons. The highest BCUT2D eigenvalue weighted by molar-refractivity contribution is 5.93. The average molecular weight is 222 g/mol. The molecule has 0 saturated heterocycles. The zero-order valence-corrected chi connectivity index (χ0v) is 9.82. The second-order valence-corrected chi connectivity index (χ2v) is 3.83. The number of hydrogen-bond donors (Lipinski definition) is 1. The van der Waals surface area contributed by atoms with Gasteiger partial charge in [0.15, 0.2) is 0 Å². The summed E-state index contributed by atoms with van der Waals surface area (Å²) < 4.78 is 1.40. The maximum absolute atomic E-state index is 11.6. The molecule has 1 aromatic heterocycles. The minimum atomic E-state index is -0.119. The van der Waals surface area contributed by atoms with Gasteiger partial charge in [-0.1, -0.05) is 19.8 Å². The Morgan fingerprint density at radius 1 is 1.38 bits per heavy atom. The van der Waals surface area contributed by atoms with Gasteiger partial charge in [0.05, 0.1) is 5.56 Å². The molecular formula is C12H18N2O2. The van der Waals surface area contributed by atoms with E-state index in [-0.39, 0.29) is 11.5 Å². The molecule has 0 aliphatic heterocycles. The van der Waals surface area contributed by atoms with E-state index in [1.807, 2.05) is 0 Å². The largest absolute Gasteiger partial charge is 0.352 e. The van der Waals surface area contributed by atoms with E-state index < -0.39 is 0 Å². The summed E-state index contributed by atoms with van der Waals surface area (Å²) in [6.07, 6.45) is 4.80. The Bertz CT molecular complexity index is 410. The summed E-state index contributed by atoms with van der Waals surface area (Å²) >= 11 is 0. The van der Waals surface area contributed by atoms with Crippen LogP contribution in [0.3, 0.4) is 0 Å². The molecule has 0 bridgehead atoms. The van der Waals surface area contributed by atoms with Crippen LogP contribution in [0.4, 0.5) is 0 Å². The number of amides is 1. The maximum atomic E-state index is 11.6. The van der Waals surface area contributed by atoms with Gasteiger partial charge in [0, 0.05) is 25.9 Å². The van der Waals surface area contributed by atoms with E-state index in [0.717, 1.165) is 19.3 Å². The summed E-state index contributed by atoms with van der Waals surface area (Å²) in [7, 11) is 1.64. The van der Waals surface area contributed by atoms with Gasteiger partial charge in [-0.15, -0.1) is 0 Å². The normalized spacial score (nSPS) is 10.1. The number of nitrogens with zero attached hydrogens (tertiary/aromatic N) is 1. The van der Waals surface area contributed by atoms with Crippen LogP contribution in [0.15, 0.2) is 23.1 Å². The first-order chi connectivity index (χ1) is 7.65. The summed E-state index contributed by atoms with van der Waals surface area (Å²) in [6.45, 7) is 2.81. The summed E-state index contributed by atoms with van der Waals surface area (Å²) in [6, 6.07) is 2.96. The molecule has 0 unspecified atom stereocenters. The van der Waals surface area contributed by atoms with Crippen LogP contribution < -0.4 is 10.9 Å². The summed E-state index contributed by atoms with van der Waals surface area (Å²) in [4.78, 5) is 22.8. The van der Waals surface area contributed by atoms with Crippen LogP contribution in [0.1, 0.15) is 36.5 Å². The number of pyridine rings is 1. The highest BCUT2D eigenvalue weighted by atomic mass is 16.1. The van der Waals surface area contributed by atoms with Gasteiger partial charge in [-0.05, 0) is 12.5 Å². The molecule has 4 nitrogen and oxygen atoms in total. The van der Waals surface area contributed by atoms with Crippen LogP contribution >= 0.6 is 0 Å². The Balaban J connectivity index is 2.53. The van der Waals surface area contributed by atoms with Gasteiger partial charge in [0.2, 0.25) is 5.56 Å². The van der Waals surface area contributed by atoms with Crippen molar-refractivity contribution in [1.29, 1.82) is 0 Å². The van der Waals surface area contributed by atoms with Crippen LogP contribution in [0.2, 0.25) is 0 Å². The molecule has 0 fully saturated rings. The first kappa shape index (κ1) is 12.5. The molecule has 16 heavy (non-hydrogen) atoms. The Morgan fingerprint density at radius 2 is 2.12 bits per heavy atom. The number of carbonyl (C=O) groups excluding carboxylic acids is 1. The van der Waals surface area contributed by atoms with Gasteiger partial charge >= 0.3 is 0 Å². The second kappa shape index (κ2) is 6.10. The van der Waals surface area contributed by atoms with Gasteiger partial charge in [-0.2, -0.15) is 0 Å². The van der Waals surface area contributed by atoms with Crippen LogP contribution in [0.25, 0.3) is 0 Å². The molecule has 1 amide bonds.